The van der Waals surface area contributed by atoms with Gasteiger partial charge < -0.3 is 15.4 Å². The molecule has 0 unspecified atom stereocenters. The minimum Gasteiger partial charge on any atom is -0.493 e. The molecule has 0 bridgehead atoms. The molecule has 5 nitrogen and oxygen atoms in total. The van der Waals surface area contributed by atoms with Gasteiger partial charge in [-0.3, -0.25) is 9.89 Å². The summed E-state index contributed by atoms with van der Waals surface area (Å²) in [4.78, 5) is 6.82. The van der Waals surface area contributed by atoms with E-state index in [1.807, 2.05) is 7.05 Å². The molecule has 0 radical (unpaired) electrons. The summed E-state index contributed by atoms with van der Waals surface area (Å²) in [5.41, 5.74) is 5.36. The van der Waals surface area contributed by atoms with Crippen LogP contribution in [0.5, 0.6) is 5.75 Å². The zero-order valence-electron chi connectivity index (χ0n) is 18.4. The van der Waals surface area contributed by atoms with E-state index in [0.717, 1.165) is 63.9 Å². The van der Waals surface area contributed by atoms with Crippen molar-refractivity contribution in [2.75, 3.05) is 33.3 Å². The second-order valence-corrected chi connectivity index (χ2v) is 7.37. The van der Waals surface area contributed by atoms with Crippen LogP contribution >= 0.6 is 24.0 Å². The van der Waals surface area contributed by atoms with E-state index in [1.165, 1.54) is 22.3 Å². The maximum atomic E-state index is 5.59. The third kappa shape index (κ3) is 6.87. The Morgan fingerprint density at radius 2 is 1.83 bits per heavy atom. The molecule has 0 aliphatic carbocycles. The van der Waals surface area contributed by atoms with Crippen molar-refractivity contribution in [1.29, 1.82) is 0 Å². The second kappa shape index (κ2) is 12.8. The lowest BCUT2D eigenvalue weighted by molar-refractivity contribution is 0.295. The van der Waals surface area contributed by atoms with E-state index < -0.39 is 0 Å². The molecule has 2 aromatic carbocycles. The first-order chi connectivity index (χ1) is 14.2. The number of benzene rings is 2. The number of guanidine groups is 1. The summed E-state index contributed by atoms with van der Waals surface area (Å²) in [6.45, 7) is 9.97. The summed E-state index contributed by atoms with van der Waals surface area (Å²) in [7, 11) is 1.82. The highest BCUT2D eigenvalue weighted by Crippen LogP contribution is 2.25. The maximum absolute atomic E-state index is 5.59. The number of nitrogens with zero attached hydrogens (tertiary/aromatic N) is 2. The smallest absolute Gasteiger partial charge is 0.191 e. The van der Waals surface area contributed by atoms with Gasteiger partial charge in [0.1, 0.15) is 5.75 Å². The quantitative estimate of drug-likeness (QED) is 0.297. The summed E-state index contributed by atoms with van der Waals surface area (Å²) in [5.74, 6) is 1.88. The Morgan fingerprint density at radius 3 is 2.57 bits per heavy atom. The van der Waals surface area contributed by atoms with Crippen LogP contribution in [-0.4, -0.2) is 44.1 Å². The van der Waals surface area contributed by atoms with Gasteiger partial charge in [0.2, 0.25) is 0 Å². The van der Waals surface area contributed by atoms with Gasteiger partial charge in [-0.15, -0.1) is 24.0 Å². The van der Waals surface area contributed by atoms with Crippen molar-refractivity contribution in [3.8, 4) is 5.75 Å². The molecule has 0 atom stereocenters. The van der Waals surface area contributed by atoms with Crippen molar-refractivity contribution in [2.24, 2.45) is 4.99 Å². The molecule has 6 heteroatoms. The van der Waals surface area contributed by atoms with Gasteiger partial charge in [0.15, 0.2) is 5.96 Å². The minimum absolute atomic E-state index is 0. The van der Waals surface area contributed by atoms with Crippen LogP contribution in [0.15, 0.2) is 47.5 Å². The van der Waals surface area contributed by atoms with E-state index in [4.69, 9.17) is 4.74 Å². The van der Waals surface area contributed by atoms with Crippen molar-refractivity contribution >= 4 is 29.9 Å². The van der Waals surface area contributed by atoms with Crippen LogP contribution in [-0.2, 0) is 25.9 Å². The largest absolute Gasteiger partial charge is 0.493 e. The third-order valence-corrected chi connectivity index (χ3v) is 5.54. The van der Waals surface area contributed by atoms with Gasteiger partial charge in [0, 0.05) is 33.1 Å². The fourth-order valence-electron chi connectivity index (χ4n) is 3.69. The second-order valence-electron chi connectivity index (χ2n) is 7.37. The Bertz CT molecular complexity index is 821. The summed E-state index contributed by atoms with van der Waals surface area (Å²) in [6.07, 6.45) is 1.99. The van der Waals surface area contributed by atoms with Gasteiger partial charge in [0.05, 0.1) is 6.61 Å². The van der Waals surface area contributed by atoms with Gasteiger partial charge in [-0.05, 0) is 47.8 Å². The number of hydrogen-bond acceptors (Lipinski definition) is 3. The van der Waals surface area contributed by atoms with E-state index in [1.54, 1.807) is 0 Å². The highest BCUT2D eigenvalue weighted by molar-refractivity contribution is 14.0. The lowest BCUT2D eigenvalue weighted by atomic mass is 10.1. The number of ether oxygens (including phenoxy) is 1. The first kappa shape index (κ1) is 24.5. The molecule has 3 rings (SSSR count). The zero-order valence-corrected chi connectivity index (χ0v) is 20.7. The monoisotopic (exact) mass is 522 g/mol. The molecule has 0 aromatic heterocycles. The molecule has 30 heavy (non-hydrogen) atoms. The van der Waals surface area contributed by atoms with Gasteiger partial charge in [-0.2, -0.15) is 0 Å². The van der Waals surface area contributed by atoms with Crippen LogP contribution < -0.4 is 15.4 Å². The molecule has 164 valence electrons. The molecule has 0 saturated heterocycles. The molecule has 0 amide bonds. The number of aliphatic imine (C=N–C) groups is 1. The topological polar surface area (TPSA) is 48.9 Å². The van der Waals surface area contributed by atoms with Gasteiger partial charge >= 0.3 is 0 Å². The van der Waals surface area contributed by atoms with Crippen molar-refractivity contribution in [2.45, 2.75) is 39.8 Å². The number of nitrogens with one attached hydrogen (secondary N) is 2. The SMILES string of the molecule is CCN(CC)Cc1ccccc1CNC(=NC)NCCc1ccc2c(c1)CCO2.I. The number of hydrogen-bond donors (Lipinski definition) is 2. The predicted octanol–water partition coefficient (Wildman–Crippen LogP) is 3.99. The number of rotatable bonds is 9. The van der Waals surface area contributed by atoms with Crippen molar-refractivity contribution in [3.63, 3.8) is 0 Å². The molecular formula is C24H35IN4O. The van der Waals surface area contributed by atoms with Crippen LogP contribution in [0.1, 0.15) is 36.1 Å². The summed E-state index contributed by atoms with van der Waals surface area (Å²) in [5, 5.41) is 6.90. The maximum Gasteiger partial charge on any atom is 0.191 e. The van der Waals surface area contributed by atoms with E-state index >= 15 is 0 Å². The van der Waals surface area contributed by atoms with Crippen molar-refractivity contribution in [3.05, 3.63) is 64.7 Å². The number of fused-ring (bicyclic) bond motifs is 1. The van der Waals surface area contributed by atoms with Crippen molar-refractivity contribution in [1.82, 2.24) is 15.5 Å². The Hall–Kier alpha value is -1.80. The van der Waals surface area contributed by atoms with Crippen LogP contribution in [0, 0.1) is 0 Å². The van der Waals surface area contributed by atoms with Crippen LogP contribution in [0.4, 0.5) is 0 Å². The molecular weight excluding hydrogens is 487 g/mol. The summed E-state index contributed by atoms with van der Waals surface area (Å²) in [6, 6.07) is 15.2. The van der Waals surface area contributed by atoms with Crippen molar-refractivity contribution < 1.29 is 4.74 Å². The van der Waals surface area contributed by atoms with Gasteiger partial charge in [-0.25, -0.2) is 0 Å². The van der Waals surface area contributed by atoms with Crippen LogP contribution in [0.3, 0.4) is 0 Å². The molecule has 0 spiro atoms. The average Bonchev–Trinajstić information content (AvgIpc) is 3.23. The third-order valence-electron chi connectivity index (χ3n) is 5.54. The molecule has 2 N–H and O–H groups in total. The fourth-order valence-corrected chi connectivity index (χ4v) is 3.69. The first-order valence-electron chi connectivity index (χ1n) is 10.7. The Labute approximate surface area is 198 Å². The Morgan fingerprint density at radius 1 is 1.07 bits per heavy atom. The predicted molar refractivity (Wildman–Crippen MR) is 136 cm³/mol. The molecule has 0 fully saturated rings. The first-order valence-corrected chi connectivity index (χ1v) is 10.7. The standard InChI is InChI=1S/C24H34N4O.HI/c1-4-28(5-2)18-22-9-7-6-8-21(22)17-27-24(25-3)26-14-12-19-10-11-23-20(16-19)13-15-29-23;/h6-11,16H,4-5,12-15,17-18H2,1-3H3,(H2,25,26,27);1H. The van der Waals surface area contributed by atoms with Gasteiger partial charge in [0.25, 0.3) is 0 Å². The molecule has 1 aliphatic rings. The summed E-state index contributed by atoms with van der Waals surface area (Å²) >= 11 is 0. The van der Waals surface area contributed by atoms with E-state index in [0.29, 0.717) is 0 Å². The van der Waals surface area contributed by atoms with E-state index in [-0.39, 0.29) is 24.0 Å². The molecule has 1 heterocycles. The Kier molecular flexibility index (Phi) is 10.4. The lowest BCUT2D eigenvalue weighted by Crippen LogP contribution is -2.38. The Balaban J connectivity index is 0.00000320. The zero-order chi connectivity index (χ0) is 20.5. The highest BCUT2D eigenvalue weighted by Gasteiger charge is 2.12. The van der Waals surface area contributed by atoms with Crippen LogP contribution in [0.2, 0.25) is 0 Å². The fraction of sp³-hybridized carbons (Fsp3) is 0.458. The molecule has 2 aromatic rings. The van der Waals surface area contributed by atoms with E-state index in [2.05, 4.69) is 76.8 Å². The van der Waals surface area contributed by atoms with E-state index in [9.17, 15) is 0 Å². The highest BCUT2D eigenvalue weighted by atomic mass is 127. The lowest BCUT2D eigenvalue weighted by Gasteiger charge is -2.20. The normalized spacial score (nSPS) is 12.9. The average molecular weight is 522 g/mol. The minimum atomic E-state index is 0. The summed E-state index contributed by atoms with van der Waals surface area (Å²) < 4.78 is 5.59. The van der Waals surface area contributed by atoms with Gasteiger partial charge in [-0.1, -0.05) is 50.2 Å². The number of halogens is 1. The van der Waals surface area contributed by atoms with Crippen LogP contribution in [0.25, 0.3) is 0 Å². The molecule has 1 aliphatic heterocycles. The molecule has 0 saturated carbocycles.